The maximum atomic E-state index is 8.85. The van der Waals surface area contributed by atoms with Crippen LogP contribution in [-0.2, 0) is 0 Å². The van der Waals surface area contributed by atoms with Crippen molar-refractivity contribution >= 4 is 46.5 Å². The SMILES string of the molecule is CCCNc1nc(Nc2ccc(C#N)cc2)ncc1C#CCCCCl.CCCNc1nc(Nc2ccc(C#N)cc2)ncc1C#CCCCO. The number of halogens is 1. The number of hydrogen-bond acceptors (Lipinski definition) is 11. The molecule has 0 fully saturated rings. The number of nitrogens with one attached hydrogen (secondary N) is 4. The van der Waals surface area contributed by atoms with Crippen LogP contribution in [0.15, 0.2) is 60.9 Å². The largest absolute Gasteiger partial charge is 0.396 e. The zero-order valence-electron chi connectivity index (χ0n) is 28.4. The van der Waals surface area contributed by atoms with Crippen molar-refractivity contribution in [2.75, 3.05) is 46.8 Å². The number of anilines is 6. The lowest BCUT2D eigenvalue weighted by molar-refractivity contribution is 0.290. The van der Waals surface area contributed by atoms with Gasteiger partial charge in [-0.3, -0.25) is 0 Å². The molecule has 2 aromatic carbocycles. The van der Waals surface area contributed by atoms with E-state index in [1.807, 2.05) is 24.3 Å². The molecule has 5 N–H and O–H groups in total. The van der Waals surface area contributed by atoms with Gasteiger partial charge in [0.1, 0.15) is 11.6 Å². The first-order valence-electron chi connectivity index (χ1n) is 16.4. The first kappa shape index (κ1) is 38.6. The Morgan fingerprint density at radius 2 is 1.12 bits per heavy atom. The lowest BCUT2D eigenvalue weighted by atomic mass is 10.2. The highest BCUT2D eigenvalue weighted by Crippen LogP contribution is 2.19. The van der Waals surface area contributed by atoms with Gasteiger partial charge in [0.25, 0.3) is 0 Å². The number of aromatic nitrogens is 4. The van der Waals surface area contributed by atoms with Crippen LogP contribution in [0.3, 0.4) is 0 Å². The van der Waals surface area contributed by atoms with Gasteiger partial charge in [-0.05, 0) is 74.2 Å². The Bertz CT molecular complexity index is 1710. The van der Waals surface area contributed by atoms with Gasteiger partial charge in [-0.15, -0.1) is 11.6 Å². The minimum atomic E-state index is 0.138. The van der Waals surface area contributed by atoms with Gasteiger partial charge in [0.2, 0.25) is 11.9 Å². The second-order valence-electron chi connectivity index (χ2n) is 10.6. The van der Waals surface area contributed by atoms with Crippen LogP contribution in [0.2, 0.25) is 0 Å². The summed E-state index contributed by atoms with van der Waals surface area (Å²) in [5, 5.41) is 39.3. The standard InChI is InChI=1S/C19H20ClN5.C19H21N5O/c1-2-12-22-18-16(6-4-3-5-11-20)14-23-19(25-18)24-17-9-7-15(13-21)8-10-17;1-2-11-21-18-16(6-4-3-5-12-25)14-22-19(24-18)23-17-9-7-15(13-20)8-10-17/h7-10,14H,2-3,5,11-12H2,1H3,(H2,22,23,24,25);7-10,14,25H,2-3,5,11-12H2,1H3,(H2,21,22,23,24). The molecule has 11 nitrogen and oxygen atoms in total. The predicted octanol–water partition coefficient (Wildman–Crippen LogP) is 7.32. The van der Waals surface area contributed by atoms with Crippen LogP contribution in [0.4, 0.5) is 34.9 Å². The zero-order chi connectivity index (χ0) is 35.8. The van der Waals surface area contributed by atoms with E-state index < -0.39 is 0 Å². The van der Waals surface area contributed by atoms with Crippen molar-refractivity contribution in [2.24, 2.45) is 0 Å². The highest BCUT2D eigenvalue weighted by Gasteiger charge is 2.07. The summed E-state index contributed by atoms with van der Waals surface area (Å²) >= 11 is 5.67. The van der Waals surface area contributed by atoms with Gasteiger partial charge < -0.3 is 26.4 Å². The second-order valence-corrected chi connectivity index (χ2v) is 11.0. The van der Waals surface area contributed by atoms with Gasteiger partial charge in [-0.25, -0.2) is 9.97 Å². The lowest BCUT2D eigenvalue weighted by Crippen LogP contribution is -2.07. The molecule has 0 spiro atoms. The summed E-state index contributed by atoms with van der Waals surface area (Å²) in [7, 11) is 0. The van der Waals surface area contributed by atoms with E-state index >= 15 is 0 Å². The molecule has 0 unspecified atom stereocenters. The molecule has 0 radical (unpaired) electrons. The topological polar surface area (TPSA) is 167 Å². The Balaban J connectivity index is 0.000000270. The van der Waals surface area contributed by atoms with Crippen LogP contribution < -0.4 is 21.3 Å². The van der Waals surface area contributed by atoms with E-state index in [0.29, 0.717) is 53.4 Å². The minimum Gasteiger partial charge on any atom is -0.396 e. The zero-order valence-corrected chi connectivity index (χ0v) is 29.1. The first-order valence-corrected chi connectivity index (χ1v) is 17.0. The molecule has 12 heteroatoms. The molecule has 0 atom stereocenters. The third-order valence-electron chi connectivity index (χ3n) is 6.54. The van der Waals surface area contributed by atoms with Gasteiger partial charge in [-0.2, -0.15) is 20.5 Å². The molecule has 0 saturated carbocycles. The van der Waals surface area contributed by atoms with E-state index in [0.717, 1.165) is 61.3 Å². The van der Waals surface area contributed by atoms with E-state index in [-0.39, 0.29) is 6.61 Å². The minimum absolute atomic E-state index is 0.138. The molecular formula is C38H41ClN10O. The summed E-state index contributed by atoms with van der Waals surface area (Å²) in [6.45, 7) is 5.91. The van der Waals surface area contributed by atoms with E-state index in [1.165, 1.54) is 0 Å². The van der Waals surface area contributed by atoms with Crippen molar-refractivity contribution in [1.82, 2.24) is 19.9 Å². The number of rotatable bonds is 14. The summed E-state index contributed by atoms with van der Waals surface area (Å²) in [6.07, 6.45) is 8.27. The molecule has 4 rings (SSSR count). The van der Waals surface area contributed by atoms with Crippen molar-refractivity contribution in [3.63, 3.8) is 0 Å². The summed E-state index contributed by atoms with van der Waals surface area (Å²) in [5.41, 5.74) is 4.35. The van der Waals surface area contributed by atoms with E-state index in [4.69, 9.17) is 27.2 Å². The third kappa shape index (κ3) is 13.7. The Labute approximate surface area is 299 Å². The normalized spacial score (nSPS) is 9.64. The van der Waals surface area contributed by atoms with Crippen LogP contribution in [0.5, 0.6) is 0 Å². The highest BCUT2D eigenvalue weighted by molar-refractivity contribution is 6.17. The molecule has 0 saturated heterocycles. The number of aliphatic hydroxyl groups excluding tert-OH is 1. The number of benzene rings is 2. The molecule has 0 bridgehead atoms. The molecule has 256 valence electrons. The van der Waals surface area contributed by atoms with E-state index in [9.17, 15) is 0 Å². The van der Waals surface area contributed by atoms with Crippen LogP contribution in [0, 0.1) is 46.3 Å². The number of nitriles is 2. The molecule has 50 heavy (non-hydrogen) atoms. The van der Waals surface area contributed by atoms with Crippen LogP contribution in [-0.4, -0.2) is 50.6 Å². The molecule has 0 aliphatic carbocycles. The summed E-state index contributed by atoms with van der Waals surface area (Å²) in [6, 6.07) is 18.4. The average Bonchev–Trinajstić information content (AvgIpc) is 3.15. The number of unbranched alkanes of at least 4 members (excludes halogenated alkanes) is 2. The molecular weight excluding hydrogens is 648 g/mol. The monoisotopic (exact) mass is 688 g/mol. The van der Waals surface area contributed by atoms with Crippen LogP contribution in [0.1, 0.15) is 74.6 Å². The summed E-state index contributed by atoms with van der Waals surface area (Å²) in [5.74, 6) is 15.2. The second kappa shape index (κ2) is 22.7. The van der Waals surface area contributed by atoms with Crippen LogP contribution in [0.25, 0.3) is 0 Å². The number of aliphatic hydroxyl groups is 1. The van der Waals surface area contributed by atoms with Crippen molar-refractivity contribution in [3.8, 4) is 35.8 Å². The fourth-order valence-electron chi connectivity index (χ4n) is 3.98. The number of hydrogen-bond donors (Lipinski definition) is 5. The molecule has 2 heterocycles. The van der Waals surface area contributed by atoms with Gasteiger partial charge in [0, 0.05) is 49.8 Å². The lowest BCUT2D eigenvalue weighted by Gasteiger charge is -2.10. The molecule has 0 aliphatic rings. The Morgan fingerprint density at radius 3 is 1.50 bits per heavy atom. The van der Waals surface area contributed by atoms with Crippen molar-refractivity contribution in [1.29, 1.82) is 10.5 Å². The Kier molecular flexibility index (Phi) is 17.5. The number of alkyl halides is 1. The quantitative estimate of drug-likeness (QED) is 0.0511. The molecule has 0 aliphatic heterocycles. The number of nitrogens with zero attached hydrogens (tertiary/aromatic N) is 6. The average molecular weight is 689 g/mol. The Morgan fingerprint density at radius 1 is 0.680 bits per heavy atom. The van der Waals surface area contributed by atoms with Gasteiger partial charge in [-0.1, -0.05) is 37.5 Å². The van der Waals surface area contributed by atoms with Crippen LogP contribution >= 0.6 is 11.6 Å². The summed E-state index contributed by atoms with van der Waals surface area (Å²) < 4.78 is 0. The summed E-state index contributed by atoms with van der Waals surface area (Å²) in [4.78, 5) is 17.7. The molecule has 2 aromatic heterocycles. The van der Waals surface area contributed by atoms with E-state index in [2.05, 4.69) is 90.9 Å². The fourth-order valence-corrected chi connectivity index (χ4v) is 4.11. The smallest absolute Gasteiger partial charge is 0.229 e. The highest BCUT2D eigenvalue weighted by atomic mass is 35.5. The predicted molar refractivity (Wildman–Crippen MR) is 201 cm³/mol. The molecule has 0 amide bonds. The van der Waals surface area contributed by atoms with Gasteiger partial charge in [0.15, 0.2) is 0 Å². The van der Waals surface area contributed by atoms with Gasteiger partial charge in [0.05, 0.1) is 46.8 Å². The van der Waals surface area contributed by atoms with Crippen molar-refractivity contribution in [2.45, 2.75) is 52.4 Å². The maximum Gasteiger partial charge on any atom is 0.229 e. The fraction of sp³-hybridized carbons (Fsp3) is 0.316. The molecule has 4 aromatic rings. The van der Waals surface area contributed by atoms with Crippen molar-refractivity contribution < 1.29 is 5.11 Å². The Hall–Kier alpha value is -5.85. The van der Waals surface area contributed by atoms with Crippen molar-refractivity contribution in [3.05, 3.63) is 83.2 Å². The van der Waals surface area contributed by atoms with Gasteiger partial charge >= 0.3 is 0 Å². The maximum absolute atomic E-state index is 8.85. The van der Waals surface area contributed by atoms with E-state index in [1.54, 1.807) is 36.7 Å². The first-order chi connectivity index (χ1) is 24.5. The third-order valence-corrected chi connectivity index (χ3v) is 6.81.